The quantitative estimate of drug-likeness (QED) is 0.152. The summed E-state index contributed by atoms with van der Waals surface area (Å²) in [6.45, 7) is 2.08. The van der Waals surface area contributed by atoms with Crippen LogP contribution in [0.15, 0.2) is 70.7 Å². The van der Waals surface area contributed by atoms with E-state index in [2.05, 4.69) is 21.2 Å². The number of ether oxygens (including phenoxy) is 3. The van der Waals surface area contributed by atoms with Crippen molar-refractivity contribution in [3.05, 3.63) is 86.9 Å². The molecule has 0 unspecified atom stereocenters. The van der Waals surface area contributed by atoms with Gasteiger partial charge in [-0.3, -0.25) is 4.79 Å². The fraction of sp³-hybridized carbons (Fsp3) is 0.115. The first kappa shape index (κ1) is 25.8. The van der Waals surface area contributed by atoms with Crippen LogP contribution >= 0.6 is 27.5 Å². The normalized spacial score (nSPS) is 10.8. The third-order valence-electron chi connectivity index (χ3n) is 4.61. The second-order valence-corrected chi connectivity index (χ2v) is 8.31. The molecule has 0 aliphatic heterocycles. The standard InChI is InChI=1S/C26H20BrClN2O5/c1-3-34-23-13-16(11-18(15-29)25(31)30-20-6-4-5-19(28)14-20)12-22(27)24(23)35-26(32)17-7-9-21(33-2)10-8-17/h4-14H,3H2,1-2H3,(H,30,31)/b18-11+. The molecule has 1 amide bonds. The number of hydrogen-bond acceptors (Lipinski definition) is 6. The number of anilines is 1. The Hall–Kier alpha value is -3.80. The summed E-state index contributed by atoms with van der Waals surface area (Å²) in [5, 5.41) is 12.6. The third kappa shape index (κ3) is 6.85. The average molecular weight is 556 g/mol. The average Bonchev–Trinajstić information content (AvgIpc) is 2.84. The van der Waals surface area contributed by atoms with Crippen molar-refractivity contribution in [2.45, 2.75) is 6.92 Å². The Morgan fingerprint density at radius 3 is 2.51 bits per heavy atom. The number of nitriles is 1. The molecule has 9 heteroatoms. The van der Waals surface area contributed by atoms with Gasteiger partial charge in [0.15, 0.2) is 11.5 Å². The molecule has 0 aromatic heterocycles. The van der Waals surface area contributed by atoms with E-state index in [1.807, 2.05) is 6.07 Å². The molecule has 0 atom stereocenters. The molecule has 0 heterocycles. The maximum atomic E-state index is 12.7. The molecule has 35 heavy (non-hydrogen) atoms. The highest BCUT2D eigenvalue weighted by Gasteiger charge is 2.18. The van der Waals surface area contributed by atoms with Gasteiger partial charge >= 0.3 is 5.97 Å². The van der Waals surface area contributed by atoms with E-state index in [1.165, 1.54) is 13.2 Å². The number of amides is 1. The van der Waals surface area contributed by atoms with E-state index in [0.717, 1.165) is 0 Å². The highest BCUT2D eigenvalue weighted by Crippen LogP contribution is 2.38. The van der Waals surface area contributed by atoms with Crippen molar-refractivity contribution in [2.24, 2.45) is 0 Å². The molecule has 0 saturated heterocycles. The molecular formula is C26H20BrClN2O5. The summed E-state index contributed by atoms with van der Waals surface area (Å²) < 4.78 is 16.8. The lowest BCUT2D eigenvalue weighted by Crippen LogP contribution is -2.13. The molecule has 3 aromatic rings. The van der Waals surface area contributed by atoms with E-state index >= 15 is 0 Å². The van der Waals surface area contributed by atoms with Gasteiger partial charge in [-0.05, 0) is 89.1 Å². The van der Waals surface area contributed by atoms with Crippen LogP contribution in [-0.4, -0.2) is 25.6 Å². The Morgan fingerprint density at radius 2 is 1.89 bits per heavy atom. The Bertz CT molecular complexity index is 1320. The fourth-order valence-electron chi connectivity index (χ4n) is 2.99. The summed E-state index contributed by atoms with van der Waals surface area (Å²) in [5.41, 5.74) is 1.14. The summed E-state index contributed by atoms with van der Waals surface area (Å²) >= 11 is 9.35. The molecule has 0 saturated carbocycles. The van der Waals surface area contributed by atoms with Crippen molar-refractivity contribution in [1.82, 2.24) is 0 Å². The van der Waals surface area contributed by atoms with Gasteiger partial charge < -0.3 is 19.5 Å². The number of carbonyl (C=O) groups is 2. The smallest absolute Gasteiger partial charge is 0.343 e. The SMILES string of the molecule is CCOc1cc(/C=C(\C#N)C(=O)Nc2cccc(Cl)c2)cc(Br)c1OC(=O)c1ccc(OC)cc1. The molecule has 0 fully saturated rings. The van der Waals surface area contributed by atoms with E-state index in [-0.39, 0.29) is 17.1 Å². The van der Waals surface area contributed by atoms with Gasteiger partial charge in [-0.2, -0.15) is 5.26 Å². The number of hydrogen-bond donors (Lipinski definition) is 1. The number of rotatable bonds is 8. The van der Waals surface area contributed by atoms with Crippen LogP contribution in [-0.2, 0) is 4.79 Å². The molecule has 7 nitrogen and oxygen atoms in total. The zero-order valence-corrected chi connectivity index (χ0v) is 21.1. The van der Waals surface area contributed by atoms with Crippen molar-refractivity contribution in [3.63, 3.8) is 0 Å². The zero-order chi connectivity index (χ0) is 25.4. The Morgan fingerprint density at radius 1 is 1.14 bits per heavy atom. The molecule has 3 aromatic carbocycles. The van der Waals surface area contributed by atoms with Crippen molar-refractivity contribution < 1.29 is 23.8 Å². The highest BCUT2D eigenvalue weighted by atomic mass is 79.9. The monoisotopic (exact) mass is 554 g/mol. The molecular weight excluding hydrogens is 536 g/mol. The lowest BCUT2D eigenvalue weighted by molar-refractivity contribution is -0.112. The first-order valence-electron chi connectivity index (χ1n) is 10.4. The van der Waals surface area contributed by atoms with Gasteiger partial charge in [-0.15, -0.1) is 0 Å². The molecule has 0 radical (unpaired) electrons. The van der Waals surface area contributed by atoms with Gasteiger partial charge in [0, 0.05) is 10.7 Å². The molecule has 1 N–H and O–H groups in total. The number of esters is 1. The number of methoxy groups -OCH3 is 1. The van der Waals surface area contributed by atoms with Crippen LogP contribution in [0.3, 0.4) is 0 Å². The summed E-state index contributed by atoms with van der Waals surface area (Å²) in [6.07, 6.45) is 1.40. The van der Waals surface area contributed by atoms with E-state index in [1.54, 1.807) is 67.6 Å². The van der Waals surface area contributed by atoms with Crippen molar-refractivity contribution in [1.29, 1.82) is 5.26 Å². The van der Waals surface area contributed by atoms with Crippen LogP contribution in [0.25, 0.3) is 6.08 Å². The first-order chi connectivity index (χ1) is 16.8. The Balaban J connectivity index is 1.87. The second-order valence-electron chi connectivity index (χ2n) is 7.02. The molecule has 0 bridgehead atoms. The van der Waals surface area contributed by atoms with Crippen LogP contribution in [0, 0.1) is 11.3 Å². The molecule has 0 aliphatic carbocycles. The topological polar surface area (TPSA) is 97.6 Å². The third-order valence-corrected chi connectivity index (χ3v) is 5.43. The zero-order valence-electron chi connectivity index (χ0n) is 18.8. The van der Waals surface area contributed by atoms with Crippen molar-refractivity contribution in [2.75, 3.05) is 19.0 Å². The number of halogens is 2. The second kappa shape index (κ2) is 12.1. The molecule has 0 spiro atoms. The van der Waals surface area contributed by atoms with E-state index in [4.69, 9.17) is 25.8 Å². The van der Waals surface area contributed by atoms with Crippen molar-refractivity contribution >= 4 is 51.2 Å². The summed E-state index contributed by atoms with van der Waals surface area (Å²) in [7, 11) is 1.54. The number of benzene rings is 3. The van der Waals surface area contributed by atoms with Crippen LogP contribution in [0.4, 0.5) is 5.69 Å². The Kier molecular flexibility index (Phi) is 8.90. The Labute approximate surface area is 216 Å². The number of carbonyl (C=O) groups excluding carboxylic acids is 2. The maximum absolute atomic E-state index is 12.7. The summed E-state index contributed by atoms with van der Waals surface area (Å²) in [5.74, 6) is -0.133. The number of nitrogens with zero attached hydrogens (tertiary/aromatic N) is 1. The minimum atomic E-state index is -0.598. The fourth-order valence-corrected chi connectivity index (χ4v) is 3.72. The lowest BCUT2D eigenvalue weighted by Gasteiger charge is -2.14. The highest BCUT2D eigenvalue weighted by molar-refractivity contribution is 9.10. The van der Waals surface area contributed by atoms with Crippen LogP contribution in [0.5, 0.6) is 17.2 Å². The van der Waals surface area contributed by atoms with Crippen molar-refractivity contribution in [3.8, 4) is 23.3 Å². The van der Waals surface area contributed by atoms with E-state index in [9.17, 15) is 14.9 Å². The van der Waals surface area contributed by atoms with Crippen LogP contribution in [0.2, 0.25) is 5.02 Å². The van der Waals surface area contributed by atoms with Gasteiger partial charge in [-0.1, -0.05) is 17.7 Å². The predicted molar refractivity (Wildman–Crippen MR) is 137 cm³/mol. The molecule has 0 aliphatic rings. The lowest BCUT2D eigenvalue weighted by atomic mass is 10.1. The largest absolute Gasteiger partial charge is 0.497 e. The van der Waals surface area contributed by atoms with Crippen LogP contribution in [0.1, 0.15) is 22.8 Å². The molecule has 178 valence electrons. The minimum Gasteiger partial charge on any atom is -0.497 e. The van der Waals surface area contributed by atoms with Gasteiger partial charge in [0.05, 0.1) is 23.8 Å². The first-order valence-corrected chi connectivity index (χ1v) is 11.5. The van der Waals surface area contributed by atoms with Gasteiger partial charge in [0.25, 0.3) is 5.91 Å². The summed E-state index contributed by atoms with van der Waals surface area (Å²) in [6, 6.07) is 18.2. The van der Waals surface area contributed by atoms with Gasteiger partial charge in [-0.25, -0.2) is 4.79 Å². The van der Waals surface area contributed by atoms with E-state index < -0.39 is 11.9 Å². The predicted octanol–water partition coefficient (Wildman–Crippen LogP) is 6.27. The molecule has 3 rings (SSSR count). The van der Waals surface area contributed by atoms with Gasteiger partial charge in [0.2, 0.25) is 0 Å². The minimum absolute atomic E-state index is 0.137. The van der Waals surface area contributed by atoms with E-state index in [0.29, 0.717) is 38.7 Å². The van der Waals surface area contributed by atoms with Gasteiger partial charge in [0.1, 0.15) is 17.4 Å². The maximum Gasteiger partial charge on any atom is 0.343 e. The summed E-state index contributed by atoms with van der Waals surface area (Å²) in [4.78, 5) is 25.3. The number of nitrogens with one attached hydrogen (secondary N) is 1. The van der Waals surface area contributed by atoms with Crippen LogP contribution < -0.4 is 19.5 Å².